The van der Waals surface area contributed by atoms with E-state index in [0.29, 0.717) is 32.7 Å². The highest BCUT2D eigenvalue weighted by Gasteiger charge is 2.35. The summed E-state index contributed by atoms with van der Waals surface area (Å²) in [5.41, 5.74) is 1.10. The molecule has 1 saturated heterocycles. The van der Waals surface area contributed by atoms with Crippen LogP contribution in [0.5, 0.6) is 0 Å². The summed E-state index contributed by atoms with van der Waals surface area (Å²) in [5, 5.41) is 0. The van der Waals surface area contributed by atoms with Gasteiger partial charge in [0.1, 0.15) is 0 Å². The Morgan fingerprint density at radius 3 is 2.77 bits per heavy atom. The molecule has 5 heteroatoms. The topological polar surface area (TPSA) is 49.9 Å². The molecule has 1 aromatic rings. The maximum atomic E-state index is 12.5. The van der Waals surface area contributed by atoms with E-state index < -0.39 is 0 Å². The molecule has 1 aromatic carbocycles. The number of hydrogen-bond acceptors (Lipinski definition) is 3. The van der Waals surface area contributed by atoms with Crippen LogP contribution in [-0.4, -0.2) is 55.5 Å². The van der Waals surface area contributed by atoms with Gasteiger partial charge in [-0.15, -0.1) is 0 Å². The zero-order valence-corrected chi connectivity index (χ0v) is 13.3. The first-order valence-electron chi connectivity index (χ1n) is 7.67. The third-order valence-corrected chi connectivity index (χ3v) is 3.98. The zero-order chi connectivity index (χ0) is 15.9. The zero-order valence-electron chi connectivity index (χ0n) is 13.3. The number of carbonyl (C=O) groups excluding carboxylic acids is 2. The van der Waals surface area contributed by atoms with E-state index >= 15 is 0 Å². The first kappa shape index (κ1) is 16.5. The molecule has 1 heterocycles. The van der Waals surface area contributed by atoms with Crippen LogP contribution < -0.4 is 0 Å². The van der Waals surface area contributed by atoms with Crippen LogP contribution in [0.15, 0.2) is 30.3 Å². The lowest BCUT2D eigenvalue weighted by molar-refractivity contribution is -0.135. The summed E-state index contributed by atoms with van der Waals surface area (Å²) in [4.78, 5) is 28.0. The summed E-state index contributed by atoms with van der Waals surface area (Å²) in [6.45, 7) is 2.41. The summed E-state index contributed by atoms with van der Waals surface area (Å²) in [5.74, 6) is -0.0993. The van der Waals surface area contributed by atoms with Crippen molar-refractivity contribution < 1.29 is 14.3 Å². The number of hydrogen-bond donors (Lipinski definition) is 0. The molecule has 1 unspecified atom stereocenters. The Hall–Kier alpha value is -1.88. The van der Waals surface area contributed by atoms with Crippen molar-refractivity contribution in [3.8, 4) is 0 Å². The van der Waals surface area contributed by atoms with Gasteiger partial charge in [0, 0.05) is 46.8 Å². The minimum absolute atomic E-state index is 0.0476. The second kappa shape index (κ2) is 7.94. The van der Waals surface area contributed by atoms with E-state index in [1.54, 1.807) is 24.0 Å². The third kappa shape index (κ3) is 4.31. The van der Waals surface area contributed by atoms with Gasteiger partial charge in [0.05, 0.1) is 5.92 Å². The normalized spacial score (nSPS) is 17.8. The number of likely N-dealkylation sites (tertiary alicyclic amines) is 1. The van der Waals surface area contributed by atoms with Gasteiger partial charge < -0.3 is 14.5 Å². The van der Waals surface area contributed by atoms with E-state index in [-0.39, 0.29) is 17.7 Å². The molecule has 0 radical (unpaired) electrons. The van der Waals surface area contributed by atoms with E-state index in [1.165, 1.54) is 0 Å². The molecule has 0 bridgehead atoms. The second-order valence-corrected chi connectivity index (χ2v) is 5.77. The molecule has 120 valence electrons. The van der Waals surface area contributed by atoms with Crippen LogP contribution in [0.4, 0.5) is 0 Å². The number of benzene rings is 1. The van der Waals surface area contributed by atoms with Crippen LogP contribution in [0, 0.1) is 5.92 Å². The predicted molar refractivity (Wildman–Crippen MR) is 84.1 cm³/mol. The van der Waals surface area contributed by atoms with E-state index in [4.69, 9.17) is 4.74 Å². The van der Waals surface area contributed by atoms with Gasteiger partial charge in [-0.1, -0.05) is 30.3 Å². The van der Waals surface area contributed by atoms with Gasteiger partial charge in [-0.2, -0.15) is 0 Å². The maximum absolute atomic E-state index is 12.5. The number of nitrogens with zero attached hydrogens (tertiary/aromatic N) is 2. The van der Waals surface area contributed by atoms with Gasteiger partial charge in [-0.25, -0.2) is 0 Å². The standard InChI is InChI=1S/C17H24N2O3/c1-18(12-14-7-4-3-5-8-14)17(21)15-11-16(20)19(13-15)9-6-10-22-2/h3-5,7-8,15H,6,9-13H2,1-2H3. The molecule has 2 amide bonds. The molecule has 0 aliphatic carbocycles. The SMILES string of the molecule is COCCCN1CC(C(=O)N(C)Cc2ccccc2)CC1=O. The van der Waals surface area contributed by atoms with Gasteiger partial charge in [0.15, 0.2) is 0 Å². The Kier molecular flexibility index (Phi) is 5.95. The molecule has 0 aromatic heterocycles. The molecule has 0 N–H and O–H groups in total. The van der Waals surface area contributed by atoms with Crippen molar-refractivity contribution in [2.45, 2.75) is 19.4 Å². The summed E-state index contributed by atoms with van der Waals surface area (Å²) in [6, 6.07) is 9.88. The molecule has 1 aliphatic rings. The fraction of sp³-hybridized carbons (Fsp3) is 0.529. The lowest BCUT2D eigenvalue weighted by Gasteiger charge is -2.21. The number of amides is 2. The van der Waals surface area contributed by atoms with Crippen LogP contribution in [0.2, 0.25) is 0 Å². The smallest absolute Gasteiger partial charge is 0.228 e. The van der Waals surface area contributed by atoms with E-state index in [2.05, 4.69) is 0 Å². The minimum atomic E-state index is -0.219. The van der Waals surface area contributed by atoms with Crippen molar-refractivity contribution in [2.24, 2.45) is 5.92 Å². The van der Waals surface area contributed by atoms with Gasteiger partial charge >= 0.3 is 0 Å². The average molecular weight is 304 g/mol. The molecule has 1 atom stereocenters. The van der Waals surface area contributed by atoms with Crippen molar-refractivity contribution in [3.63, 3.8) is 0 Å². The maximum Gasteiger partial charge on any atom is 0.228 e. The number of methoxy groups -OCH3 is 1. The largest absolute Gasteiger partial charge is 0.385 e. The lowest BCUT2D eigenvalue weighted by atomic mass is 10.1. The van der Waals surface area contributed by atoms with Crippen LogP contribution in [0.3, 0.4) is 0 Å². The third-order valence-electron chi connectivity index (χ3n) is 3.98. The van der Waals surface area contributed by atoms with Gasteiger partial charge in [0.25, 0.3) is 0 Å². The molecule has 5 nitrogen and oxygen atoms in total. The first-order chi connectivity index (χ1) is 10.6. The van der Waals surface area contributed by atoms with Crippen LogP contribution in [-0.2, 0) is 20.9 Å². The number of rotatable bonds is 7. The van der Waals surface area contributed by atoms with Gasteiger partial charge in [-0.3, -0.25) is 9.59 Å². The quantitative estimate of drug-likeness (QED) is 0.718. The molecular formula is C17H24N2O3. The van der Waals surface area contributed by atoms with E-state index in [1.807, 2.05) is 30.3 Å². The highest BCUT2D eigenvalue weighted by atomic mass is 16.5. The Morgan fingerprint density at radius 2 is 2.09 bits per heavy atom. The first-order valence-corrected chi connectivity index (χ1v) is 7.67. The summed E-state index contributed by atoms with van der Waals surface area (Å²) >= 11 is 0. The molecule has 1 aliphatic heterocycles. The molecule has 1 fully saturated rings. The highest BCUT2D eigenvalue weighted by Crippen LogP contribution is 2.20. The number of ether oxygens (including phenoxy) is 1. The summed E-state index contributed by atoms with van der Waals surface area (Å²) in [7, 11) is 3.45. The highest BCUT2D eigenvalue weighted by molar-refractivity contribution is 5.89. The van der Waals surface area contributed by atoms with E-state index in [0.717, 1.165) is 12.0 Å². The fourth-order valence-corrected chi connectivity index (χ4v) is 2.80. The van der Waals surface area contributed by atoms with Crippen molar-refractivity contribution in [2.75, 3.05) is 33.9 Å². The minimum Gasteiger partial charge on any atom is -0.385 e. The molecule has 0 spiro atoms. The van der Waals surface area contributed by atoms with Crippen molar-refractivity contribution in [3.05, 3.63) is 35.9 Å². The Labute approximate surface area is 131 Å². The van der Waals surface area contributed by atoms with Gasteiger partial charge in [-0.05, 0) is 12.0 Å². The monoisotopic (exact) mass is 304 g/mol. The van der Waals surface area contributed by atoms with Crippen molar-refractivity contribution in [1.82, 2.24) is 9.80 Å². The molecule has 2 rings (SSSR count). The average Bonchev–Trinajstić information content (AvgIpc) is 2.89. The molecular weight excluding hydrogens is 280 g/mol. The van der Waals surface area contributed by atoms with Crippen molar-refractivity contribution >= 4 is 11.8 Å². The van der Waals surface area contributed by atoms with Crippen LogP contribution >= 0.6 is 0 Å². The fourth-order valence-electron chi connectivity index (χ4n) is 2.80. The summed E-state index contributed by atoms with van der Waals surface area (Å²) in [6.07, 6.45) is 1.13. The Balaban J connectivity index is 1.86. The van der Waals surface area contributed by atoms with Crippen molar-refractivity contribution in [1.29, 1.82) is 0 Å². The lowest BCUT2D eigenvalue weighted by Crippen LogP contribution is -2.34. The Bertz CT molecular complexity index is 504. The van der Waals surface area contributed by atoms with E-state index in [9.17, 15) is 9.59 Å². The van der Waals surface area contributed by atoms with Gasteiger partial charge in [0.2, 0.25) is 11.8 Å². The summed E-state index contributed by atoms with van der Waals surface area (Å²) < 4.78 is 5.00. The van der Waals surface area contributed by atoms with Crippen LogP contribution in [0.25, 0.3) is 0 Å². The number of carbonyl (C=O) groups is 2. The Morgan fingerprint density at radius 1 is 1.36 bits per heavy atom. The van der Waals surface area contributed by atoms with Crippen LogP contribution in [0.1, 0.15) is 18.4 Å². The second-order valence-electron chi connectivity index (χ2n) is 5.77. The molecule has 0 saturated carbocycles. The molecule has 22 heavy (non-hydrogen) atoms. The predicted octanol–water partition coefficient (Wildman–Crippen LogP) is 1.53.